The second-order valence-electron chi connectivity index (χ2n) is 9.36. The summed E-state index contributed by atoms with van der Waals surface area (Å²) in [6, 6.07) is 12.4. The summed E-state index contributed by atoms with van der Waals surface area (Å²) in [7, 11) is 0. The van der Waals surface area contributed by atoms with Gasteiger partial charge in [-0.3, -0.25) is 0 Å². The van der Waals surface area contributed by atoms with Gasteiger partial charge in [-0.2, -0.15) is 39.5 Å². The van der Waals surface area contributed by atoms with Crippen LogP contribution >= 0.6 is 0 Å². The summed E-state index contributed by atoms with van der Waals surface area (Å²) < 4.78 is 121. The number of β-amino-alcohol motifs (C(OH)–C–C–N with tert-alkyl or cyclic N) is 1. The Kier molecular flexibility index (Phi) is 7.54. The lowest BCUT2D eigenvalue weighted by Crippen LogP contribution is -2.49. The Morgan fingerprint density at radius 1 is 0.795 bits per heavy atom. The first-order chi connectivity index (χ1) is 18.1. The molecule has 1 aliphatic heterocycles. The SMILES string of the molecule is Cc1ccc(C(F)(F)F)cc1CN1C[C@@H](c2cccc(C(F)(F)F)c2)N(C[C@@H](O)C(F)(F)F)c2ccccc21. The Bertz CT molecular complexity index is 1320. The number of aliphatic hydroxyl groups is 1. The molecule has 3 nitrogen and oxygen atoms in total. The Hall–Kier alpha value is -3.41. The molecule has 0 saturated carbocycles. The zero-order chi connectivity index (χ0) is 28.8. The third-order valence-corrected chi connectivity index (χ3v) is 6.69. The van der Waals surface area contributed by atoms with Crippen molar-refractivity contribution < 1.29 is 44.6 Å². The maximum absolute atomic E-state index is 13.5. The number of nitrogens with zero attached hydrogens (tertiary/aromatic N) is 2. The first kappa shape index (κ1) is 28.6. The van der Waals surface area contributed by atoms with Gasteiger partial charge in [-0.15, -0.1) is 0 Å². The second kappa shape index (κ2) is 10.3. The lowest BCUT2D eigenvalue weighted by Gasteiger charge is -2.46. The average Bonchev–Trinajstić information content (AvgIpc) is 2.84. The smallest absolute Gasteiger partial charge is 0.382 e. The molecule has 1 heterocycles. The Morgan fingerprint density at radius 3 is 2.03 bits per heavy atom. The van der Waals surface area contributed by atoms with E-state index in [1.165, 1.54) is 29.2 Å². The standard InChI is InChI=1S/C27H23F9N2O/c1-16-9-10-20(26(31,32)33)12-18(16)13-37-14-23(17-5-4-6-19(11-17)25(28,29)30)38(15-24(39)27(34,35)36)22-8-3-2-7-21(22)37/h2-12,23-24,39H,13-15H2,1H3/t23-,24+/m0/s1. The fourth-order valence-corrected chi connectivity index (χ4v) is 4.64. The first-order valence-electron chi connectivity index (χ1n) is 11.7. The van der Waals surface area contributed by atoms with E-state index in [4.69, 9.17) is 0 Å². The highest BCUT2D eigenvalue weighted by molar-refractivity contribution is 5.75. The predicted molar refractivity (Wildman–Crippen MR) is 127 cm³/mol. The summed E-state index contributed by atoms with van der Waals surface area (Å²) in [6.07, 6.45) is -17.1. The van der Waals surface area contributed by atoms with Crippen LogP contribution < -0.4 is 9.80 Å². The zero-order valence-electron chi connectivity index (χ0n) is 20.4. The summed E-state index contributed by atoms with van der Waals surface area (Å²) >= 11 is 0. The zero-order valence-corrected chi connectivity index (χ0v) is 20.4. The quantitative estimate of drug-likeness (QED) is 0.326. The highest BCUT2D eigenvalue weighted by Crippen LogP contribution is 2.43. The van der Waals surface area contributed by atoms with Gasteiger partial charge in [0.2, 0.25) is 0 Å². The number of rotatable bonds is 5. The van der Waals surface area contributed by atoms with Crippen LogP contribution in [0.25, 0.3) is 0 Å². The minimum Gasteiger partial charge on any atom is -0.382 e. The fourth-order valence-electron chi connectivity index (χ4n) is 4.64. The molecule has 0 bridgehead atoms. The van der Waals surface area contributed by atoms with E-state index in [0.29, 0.717) is 16.8 Å². The van der Waals surface area contributed by atoms with Crippen molar-refractivity contribution in [1.29, 1.82) is 0 Å². The molecule has 39 heavy (non-hydrogen) atoms. The number of benzene rings is 3. The number of fused-ring (bicyclic) bond motifs is 1. The second-order valence-corrected chi connectivity index (χ2v) is 9.36. The molecule has 0 saturated heterocycles. The van der Waals surface area contributed by atoms with E-state index in [-0.39, 0.29) is 24.3 Å². The molecule has 3 aromatic rings. The molecule has 0 amide bonds. The molecule has 1 aliphatic rings. The third kappa shape index (κ3) is 6.26. The van der Waals surface area contributed by atoms with Crippen molar-refractivity contribution in [2.24, 2.45) is 0 Å². The normalized spacial score (nSPS) is 17.3. The number of aliphatic hydroxyl groups excluding tert-OH is 1. The van der Waals surface area contributed by atoms with Gasteiger partial charge in [0.15, 0.2) is 6.10 Å². The molecule has 0 aromatic heterocycles. The number of anilines is 2. The topological polar surface area (TPSA) is 26.7 Å². The fraction of sp³-hybridized carbons (Fsp3) is 0.333. The lowest BCUT2D eigenvalue weighted by molar-refractivity contribution is -0.200. The molecule has 0 fully saturated rings. The Morgan fingerprint density at radius 2 is 1.41 bits per heavy atom. The van der Waals surface area contributed by atoms with Gasteiger partial charge in [-0.25, -0.2) is 0 Å². The van der Waals surface area contributed by atoms with Crippen LogP contribution in [0.3, 0.4) is 0 Å². The summed E-state index contributed by atoms with van der Waals surface area (Å²) in [4.78, 5) is 2.82. The van der Waals surface area contributed by atoms with Crippen LogP contribution in [-0.4, -0.2) is 30.5 Å². The van der Waals surface area contributed by atoms with Crippen LogP contribution in [0, 0.1) is 6.92 Å². The maximum Gasteiger partial charge on any atom is 0.416 e. The molecule has 0 spiro atoms. The minimum absolute atomic E-state index is 0.0412. The largest absolute Gasteiger partial charge is 0.416 e. The molecule has 2 atom stereocenters. The molecule has 3 aromatic carbocycles. The average molecular weight is 562 g/mol. The minimum atomic E-state index is -4.99. The third-order valence-electron chi connectivity index (χ3n) is 6.69. The maximum atomic E-state index is 13.5. The van der Waals surface area contributed by atoms with E-state index >= 15 is 0 Å². The van der Waals surface area contributed by atoms with Gasteiger partial charge in [-0.05, 0) is 60.0 Å². The van der Waals surface area contributed by atoms with Gasteiger partial charge < -0.3 is 14.9 Å². The molecule has 12 heteroatoms. The molecule has 210 valence electrons. The number of alkyl halides is 9. The van der Waals surface area contributed by atoms with Gasteiger partial charge in [0.05, 0.1) is 35.1 Å². The van der Waals surface area contributed by atoms with Crippen molar-refractivity contribution in [2.75, 3.05) is 22.9 Å². The van der Waals surface area contributed by atoms with Crippen LogP contribution in [0.2, 0.25) is 0 Å². The summed E-state index contributed by atoms with van der Waals surface area (Å²) in [5.74, 6) is 0. The number of halogens is 9. The molecular formula is C27H23F9N2O. The number of para-hydroxylation sites is 2. The Balaban J connectivity index is 1.82. The van der Waals surface area contributed by atoms with Crippen molar-refractivity contribution in [3.63, 3.8) is 0 Å². The van der Waals surface area contributed by atoms with Gasteiger partial charge in [0.1, 0.15) is 0 Å². The van der Waals surface area contributed by atoms with Crippen molar-refractivity contribution in [1.82, 2.24) is 0 Å². The molecule has 1 N–H and O–H groups in total. The summed E-state index contributed by atoms with van der Waals surface area (Å²) in [5, 5.41) is 9.89. The van der Waals surface area contributed by atoms with Gasteiger partial charge >= 0.3 is 18.5 Å². The molecule has 0 radical (unpaired) electrons. The molecular weight excluding hydrogens is 539 g/mol. The van der Waals surface area contributed by atoms with Crippen LogP contribution in [0.4, 0.5) is 50.9 Å². The highest BCUT2D eigenvalue weighted by Gasteiger charge is 2.43. The van der Waals surface area contributed by atoms with E-state index in [1.54, 1.807) is 24.0 Å². The molecule has 0 aliphatic carbocycles. The predicted octanol–water partition coefficient (Wildman–Crippen LogP) is 7.52. The van der Waals surface area contributed by atoms with Gasteiger partial charge in [-0.1, -0.05) is 30.3 Å². The van der Waals surface area contributed by atoms with Gasteiger partial charge in [0.25, 0.3) is 0 Å². The first-order valence-corrected chi connectivity index (χ1v) is 11.7. The lowest BCUT2D eigenvalue weighted by atomic mass is 9.96. The van der Waals surface area contributed by atoms with Crippen molar-refractivity contribution in [3.05, 3.63) is 94.5 Å². The number of aryl methyl sites for hydroxylation is 1. The monoisotopic (exact) mass is 562 g/mol. The van der Waals surface area contributed by atoms with E-state index in [9.17, 15) is 44.6 Å². The highest BCUT2D eigenvalue weighted by atomic mass is 19.4. The van der Waals surface area contributed by atoms with E-state index < -0.39 is 48.3 Å². The molecule has 4 rings (SSSR count). The Labute approximate surface area is 218 Å². The van der Waals surface area contributed by atoms with Crippen molar-refractivity contribution >= 4 is 11.4 Å². The van der Waals surface area contributed by atoms with Crippen LogP contribution in [-0.2, 0) is 18.9 Å². The van der Waals surface area contributed by atoms with E-state index in [2.05, 4.69) is 0 Å². The summed E-state index contributed by atoms with van der Waals surface area (Å²) in [6.45, 7) is 0.413. The van der Waals surface area contributed by atoms with Crippen LogP contribution in [0.15, 0.2) is 66.7 Å². The number of hydrogen-bond donors (Lipinski definition) is 1. The van der Waals surface area contributed by atoms with Gasteiger partial charge in [0, 0.05) is 13.1 Å². The van der Waals surface area contributed by atoms with E-state index in [1.807, 2.05) is 0 Å². The van der Waals surface area contributed by atoms with Crippen LogP contribution in [0.1, 0.15) is 33.9 Å². The van der Waals surface area contributed by atoms with Crippen molar-refractivity contribution in [3.8, 4) is 0 Å². The van der Waals surface area contributed by atoms with Crippen LogP contribution in [0.5, 0.6) is 0 Å². The van der Waals surface area contributed by atoms with E-state index in [0.717, 1.165) is 30.3 Å². The van der Waals surface area contributed by atoms with Crippen molar-refractivity contribution in [2.45, 2.75) is 44.1 Å². The molecule has 0 unspecified atom stereocenters. The summed E-state index contributed by atoms with van der Waals surface area (Å²) in [5.41, 5.74) is -0.448. The number of hydrogen-bond acceptors (Lipinski definition) is 3.